The molecular formula is C18H33N3OS. The van der Waals surface area contributed by atoms with E-state index in [0.29, 0.717) is 10.8 Å². The van der Waals surface area contributed by atoms with E-state index in [1.54, 1.807) is 0 Å². The molecule has 1 aliphatic heterocycles. The molecule has 1 saturated heterocycles. The topological polar surface area (TPSA) is 45.7 Å². The molecule has 4 nitrogen and oxygen atoms in total. The maximum absolute atomic E-state index is 5.53. The summed E-state index contributed by atoms with van der Waals surface area (Å²) in [4.78, 5) is 4.47. The van der Waals surface area contributed by atoms with Crippen LogP contribution in [0.1, 0.15) is 51.4 Å². The van der Waals surface area contributed by atoms with E-state index in [4.69, 9.17) is 4.74 Å². The van der Waals surface area contributed by atoms with Gasteiger partial charge < -0.3 is 15.4 Å². The van der Waals surface area contributed by atoms with Gasteiger partial charge in [0.05, 0.1) is 0 Å². The molecule has 132 valence electrons. The van der Waals surface area contributed by atoms with Crippen LogP contribution in [0.25, 0.3) is 0 Å². The quantitative estimate of drug-likeness (QED) is 0.610. The highest BCUT2D eigenvalue weighted by molar-refractivity contribution is 8.00. The summed E-state index contributed by atoms with van der Waals surface area (Å²) < 4.78 is 5.84. The molecule has 3 fully saturated rings. The minimum atomic E-state index is 0.305. The lowest BCUT2D eigenvalue weighted by molar-refractivity contribution is 0.0782. The summed E-state index contributed by atoms with van der Waals surface area (Å²) >= 11 is 1.98. The lowest BCUT2D eigenvalue weighted by Gasteiger charge is -2.37. The number of rotatable bonds is 4. The van der Waals surface area contributed by atoms with Gasteiger partial charge in [0, 0.05) is 37.6 Å². The first kappa shape index (κ1) is 17.4. The first-order valence-corrected chi connectivity index (χ1v) is 10.6. The van der Waals surface area contributed by atoms with Crippen LogP contribution in [-0.2, 0) is 4.74 Å². The molecule has 2 saturated carbocycles. The third-order valence-electron chi connectivity index (χ3n) is 6.27. The minimum absolute atomic E-state index is 0.305. The van der Waals surface area contributed by atoms with Crippen molar-refractivity contribution < 1.29 is 4.74 Å². The van der Waals surface area contributed by atoms with Gasteiger partial charge in [-0.3, -0.25) is 4.99 Å². The lowest BCUT2D eigenvalue weighted by Crippen LogP contribution is -2.51. The average molecular weight is 340 g/mol. The number of aliphatic imine (C=N–C) groups is 1. The monoisotopic (exact) mass is 339 g/mol. The van der Waals surface area contributed by atoms with Crippen molar-refractivity contribution in [3.05, 3.63) is 0 Å². The predicted octanol–water partition coefficient (Wildman–Crippen LogP) is 3.03. The van der Waals surface area contributed by atoms with Gasteiger partial charge in [-0.1, -0.05) is 19.3 Å². The highest BCUT2D eigenvalue weighted by Gasteiger charge is 2.35. The van der Waals surface area contributed by atoms with Crippen LogP contribution >= 0.6 is 11.8 Å². The van der Waals surface area contributed by atoms with E-state index in [1.165, 1.54) is 38.5 Å². The molecule has 1 heterocycles. The van der Waals surface area contributed by atoms with Crippen molar-refractivity contribution in [2.24, 2.45) is 16.8 Å². The Hall–Kier alpha value is -0.420. The van der Waals surface area contributed by atoms with Crippen LogP contribution in [-0.4, -0.2) is 49.8 Å². The molecule has 0 aromatic rings. The minimum Gasteiger partial charge on any atom is -0.381 e. The van der Waals surface area contributed by atoms with Crippen LogP contribution in [0, 0.1) is 11.8 Å². The van der Waals surface area contributed by atoms with Crippen LogP contribution in [0.5, 0.6) is 0 Å². The van der Waals surface area contributed by atoms with Gasteiger partial charge in [-0.25, -0.2) is 0 Å². The molecule has 3 rings (SSSR count). The van der Waals surface area contributed by atoms with Crippen molar-refractivity contribution in [3.8, 4) is 0 Å². The molecule has 0 amide bonds. The Morgan fingerprint density at radius 2 is 1.96 bits per heavy atom. The second-order valence-electron chi connectivity index (χ2n) is 7.53. The number of guanidine groups is 1. The largest absolute Gasteiger partial charge is 0.381 e. The maximum Gasteiger partial charge on any atom is 0.191 e. The third-order valence-corrected chi connectivity index (χ3v) is 7.69. The molecule has 0 radical (unpaired) electrons. The third kappa shape index (κ3) is 4.36. The van der Waals surface area contributed by atoms with E-state index < -0.39 is 0 Å². The highest BCUT2D eigenvalue weighted by Crippen LogP contribution is 2.42. The Bertz CT molecular complexity index is 409. The van der Waals surface area contributed by atoms with Crippen molar-refractivity contribution in [1.82, 2.24) is 10.6 Å². The number of fused-ring (bicyclic) bond motifs is 1. The van der Waals surface area contributed by atoms with Crippen molar-refractivity contribution in [2.45, 2.75) is 62.2 Å². The fraction of sp³-hybridized carbons (Fsp3) is 0.944. The molecular weight excluding hydrogens is 306 g/mol. The number of hydrogen-bond donors (Lipinski definition) is 2. The molecule has 23 heavy (non-hydrogen) atoms. The number of nitrogens with zero attached hydrogens (tertiary/aromatic N) is 1. The van der Waals surface area contributed by atoms with E-state index in [-0.39, 0.29) is 0 Å². The standard InChI is InChI=1S/C18H33N3OS/c1-19-17(20-13-18(23-2)8-10-22-11-9-18)21-16-7-6-14-4-3-5-15(14)12-16/h14-16H,3-13H2,1-2H3,(H2,19,20,21). The highest BCUT2D eigenvalue weighted by atomic mass is 32.2. The van der Waals surface area contributed by atoms with Gasteiger partial charge in [-0.05, 0) is 50.2 Å². The first-order chi connectivity index (χ1) is 11.2. The summed E-state index contributed by atoms with van der Waals surface area (Å²) in [5.74, 6) is 2.98. The van der Waals surface area contributed by atoms with Gasteiger partial charge in [0.1, 0.15) is 0 Å². The summed E-state index contributed by atoms with van der Waals surface area (Å²) in [5, 5.41) is 7.30. The average Bonchev–Trinajstić information content (AvgIpc) is 3.07. The molecule has 5 heteroatoms. The van der Waals surface area contributed by atoms with Gasteiger partial charge in [-0.2, -0.15) is 11.8 Å². The Labute approximate surface area is 145 Å². The maximum atomic E-state index is 5.53. The zero-order valence-corrected chi connectivity index (χ0v) is 15.6. The molecule has 2 N–H and O–H groups in total. The fourth-order valence-corrected chi connectivity index (χ4v) is 5.45. The Kier molecular flexibility index (Phi) is 6.13. The van der Waals surface area contributed by atoms with Crippen molar-refractivity contribution in [2.75, 3.05) is 33.1 Å². The Balaban J connectivity index is 1.48. The normalized spacial score (nSPS) is 34.0. The number of ether oxygens (including phenoxy) is 1. The summed E-state index contributed by atoms with van der Waals surface area (Å²) in [6.45, 7) is 2.76. The lowest BCUT2D eigenvalue weighted by atomic mass is 9.79. The van der Waals surface area contributed by atoms with Gasteiger partial charge in [0.15, 0.2) is 5.96 Å². The van der Waals surface area contributed by atoms with E-state index in [9.17, 15) is 0 Å². The van der Waals surface area contributed by atoms with Gasteiger partial charge in [0.25, 0.3) is 0 Å². The van der Waals surface area contributed by atoms with Gasteiger partial charge >= 0.3 is 0 Å². The van der Waals surface area contributed by atoms with Crippen LogP contribution in [0.15, 0.2) is 4.99 Å². The first-order valence-electron chi connectivity index (χ1n) is 9.35. The number of hydrogen-bond acceptors (Lipinski definition) is 3. The van der Waals surface area contributed by atoms with Crippen molar-refractivity contribution >= 4 is 17.7 Å². The Morgan fingerprint density at radius 3 is 2.70 bits per heavy atom. The van der Waals surface area contributed by atoms with Gasteiger partial charge in [0.2, 0.25) is 0 Å². The molecule has 0 bridgehead atoms. The second kappa shape index (κ2) is 8.11. The number of nitrogens with one attached hydrogen (secondary N) is 2. The van der Waals surface area contributed by atoms with Crippen molar-refractivity contribution in [3.63, 3.8) is 0 Å². The summed E-state index contributed by atoms with van der Waals surface area (Å²) in [6, 6.07) is 0.612. The predicted molar refractivity (Wildman–Crippen MR) is 99.3 cm³/mol. The molecule has 0 spiro atoms. The van der Waals surface area contributed by atoms with Gasteiger partial charge in [-0.15, -0.1) is 0 Å². The number of thioether (sulfide) groups is 1. The Morgan fingerprint density at radius 1 is 1.17 bits per heavy atom. The van der Waals surface area contributed by atoms with E-state index in [0.717, 1.165) is 50.4 Å². The van der Waals surface area contributed by atoms with E-state index in [1.807, 2.05) is 18.8 Å². The SMILES string of the molecule is CN=C(NCC1(SC)CCOCC1)NC1CCC2CCCC2C1. The molecule has 0 aromatic heterocycles. The molecule has 3 unspecified atom stereocenters. The zero-order valence-electron chi connectivity index (χ0n) is 14.8. The second-order valence-corrected chi connectivity index (χ2v) is 8.80. The van der Waals surface area contributed by atoms with Crippen molar-refractivity contribution in [1.29, 1.82) is 0 Å². The van der Waals surface area contributed by atoms with E-state index in [2.05, 4.69) is 21.9 Å². The summed E-state index contributed by atoms with van der Waals surface area (Å²) in [6.07, 6.45) is 12.9. The summed E-state index contributed by atoms with van der Waals surface area (Å²) in [5.41, 5.74) is 0. The van der Waals surface area contributed by atoms with Crippen LogP contribution < -0.4 is 10.6 Å². The molecule has 2 aliphatic carbocycles. The molecule has 3 atom stereocenters. The van der Waals surface area contributed by atoms with Crippen LogP contribution in [0.2, 0.25) is 0 Å². The zero-order chi connectivity index (χ0) is 16.1. The molecule has 0 aromatic carbocycles. The van der Waals surface area contributed by atoms with E-state index >= 15 is 0 Å². The fourth-order valence-electron chi connectivity index (χ4n) is 4.66. The van der Waals surface area contributed by atoms with Crippen LogP contribution in [0.4, 0.5) is 0 Å². The summed E-state index contributed by atoms with van der Waals surface area (Å²) in [7, 11) is 1.90. The van der Waals surface area contributed by atoms with Crippen LogP contribution in [0.3, 0.4) is 0 Å². The molecule has 3 aliphatic rings. The smallest absolute Gasteiger partial charge is 0.191 e.